The summed E-state index contributed by atoms with van der Waals surface area (Å²) < 4.78 is 16.0. The van der Waals surface area contributed by atoms with Crippen LogP contribution in [0, 0.1) is 11.3 Å². The molecule has 1 amide bonds. The molecule has 7 nitrogen and oxygen atoms in total. The van der Waals surface area contributed by atoms with Crippen LogP contribution < -0.4 is 19.1 Å². The van der Waals surface area contributed by atoms with E-state index in [0.717, 1.165) is 22.0 Å². The van der Waals surface area contributed by atoms with Gasteiger partial charge >= 0.3 is 0 Å². The van der Waals surface area contributed by atoms with Crippen molar-refractivity contribution in [1.82, 2.24) is 4.90 Å². The second-order valence-electron chi connectivity index (χ2n) is 7.17. The summed E-state index contributed by atoms with van der Waals surface area (Å²) in [6.07, 6.45) is 0.257. The SMILES string of the molecule is COc1ccc(C2CC(=O)N3CN(c4ccc(OC)cc4OC)CSC3=C2C#N)cc1. The Morgan fingerprint density at radius 3 is 2.39 bits per heavy atom. The highest BCUT2D eigenvalue weighted by molar-refractivity contribution is 8.03. The molecule has 2 aliphatic heterocycles. The fourth-order valence-corrected chi connectivity index (χ4v) is 5.04. The smallest absolute Gasteiger partial charge is 0.229 e. The first-order valence-electron chi connectivity index (χ1n) is 9.78. The van der Waals surface area contributed by atoms with Crippen molar-refractivity contribution in [2.24, 2.45) is 0 Å². The Kier molecular flexibility index (Phi) is 5.96. The predicted molar refractivity (Wildman–Crippen MR) is 119 cm³/mol. The molecule has 2 aromatic rings. The first-order chi connectivity index (χ1) is 15.1. The zero-order valence-corrected chi connectivity index (χ0v) is 18.4. The van der Waals surface area contributed by atoms with Gasteiger partial charge in [-0.25, -0.2) is 0 Å². The number of amides is 1. The largest absolute Gasteiger partial charge is 0.497 e. The molecule has 0 spiro atoms. The lowest BCUT2D eigenvalue weighted by Crippen LogP contribution is -2.47. The molecule has 4 rings (SSSR count). The van der Waals surface area contributed by atoms with Crippen LogP contribution >= 0.6 is 11.8 Å². The molecule has 2 aliphatic rings. The van der Waals surface area contributed by atoms with Crippen LogP contribution in [0.15, 0.2) is 53.1 Å². The standard InChI is InChI=1S/C23H23N3O4S/c1-28-16-6-4-15(5-7-16)18-11-22(27)26-13-25(14-31-23(26)19(18)12-24)20-9-8-17(29-2)10-21(20)30-3/h4-10,18H,11,13-14H2,1-3H3. The van der Waals surface area contributed by atoms with E-state index in [1.807, 2.05) is 42.5 Å². The van der Waals surface area contributed by atoms with Crippen LogP contribution in [0.5, 0.6) is 17.2 Å². The number of nitrogens with zero attached hydrogens (tertiary/aromatic N) is 3. The zero-order valence-electron chi connectivity index (χ0n) is 17.6. The number of benzene rings is 2. The first kappa shape index (κ1) is 20.9. The molecule has 2 aromatic carbocycles. The lowest BCUT2D eigenvalue weighted by Gasteiger charge is -2.42. The van der Waals surface area contributed by atoms with Crippen molar-refractivity contribution in [1.29, 1.82) is 5.26 Å². The molecule has 8 heteroatoms. The summed E-state index contributed by atoms with van der Waals surface area (Å²) in [4.78, 5) is 16.9. The molecule has 1 atom stereocenters. The molecule has 0 saturated carbocycles. The van der Waals surface area contributed by atoms with E-state index in [9.17, 15) is 10.1 Å². The van der Waals surface area contributed by atoms with Crippen LogP contribution in [0.3, 0.4) is 0 Å². The quantitative estimate of drug-likeness (QED) is 0.701. The topological polar surface area (TPSA) is 75.0 Å². The molecule has 0 aliphatic carbocycles. The molecule has 31 heavy (non-hydrogen) atoms. The second kappa shape index (κ2) is 8.82. The van der Waals surface area contributed by atoms with Crippen molar-refractivity contribution in [2.45, 2.75) is 12.3 Å². The number of anilines is 1. The summed E-state index contributed by atoms with van der Waals surface area (Å²) in [6.45, 7) is 0.365. The summed E-state index contributed by atoms with van der Waals surface area (Å²) in [5, 5.41) is 10.7. The van der Waals surface area contributed by atoms with Crippen molar-refractivity contribution in [3.05, 3.63) is 58.6 Å². The first-order valence-corrected chi connectivity index (χ1v) is 10.8. The van der Waals surface area contributed by atoms with Gasteiger partial charge in [0.15, 0.2) is 0 Å². The lowest BCUT2D eigenvalue weighted by molar-refractivity contribution is -0.129. The van der Waals surface area contributed by atoms with E-state index in [2.05, 4.69) is 11.0 Å². The Bertz CT molecular complexity index is 1060. The highest BCUT2D eigenvalue weighted by Gasteiger charge is 2.38. The molecule has 1 fully saturated rings. The Morgan fingerprint density at radius 1 is 1.03 bits per heavy atom. The van der Waals surface area contributed by atoms with E-state index < -0.39 is 0 Å². The zero-order chi connectivity index (χ0) is 22.0. The number of thioether (sulfide) groups is 1. The number of fused-ring (bicyclic) bond motifs is 1. The van der Waals surface area contributed by atoms with Crippen LogP contribution in [0.2, 0.25) is 0 Å². The minimum absolute atomic E-state index is 0.000466. The number of methoxy groups -OCH3 is 3. The van der Waals surface area contributed by atoms with Crippen molar-refractivity contribution in [3.63, 3.8) is 0 Å². The van der Waals surface area contributed by atoms with Crippen LogP contribution in [-0.4, -0.2) is 44.7 Å². The second-order valence-corrected chi connectivity index (χ2v) is 8.11. The van der Waals surface area contributed by atoms with Crippen LogP contribution in [-0.2, 0) is 4.79 Å². The van der Waals surface area contributed by atoms with Gasteiger partial charge in [0.05, 0.1) is 56.2 Å². The van der Waals surface area contributed by atoms with Crippen molar-refractivity contribution in [3.8, 4) is 23.3 Å². The maximum Gasteiger partial charge on any atom is 0.229 e. The van der Waals surface area contributed by atoms with E-state index in [1.165, 1.54) is 11.8 Å². The normalized spacial score (nSPS) is 18.4. The summed E-state index contributed by atoms with van der Waals surface area (Å²) in [6, 6.07) is 15.5. The molecular weight excluding hydrogens is 414 g/mol. The van der Waals surface area contributed by atoms with E-state index in [1.54, 1.807) is 26.2 Å². The highest BCUT2D eigenvalue weighted by atomic mass is 32.2. The molecular formula is C23H23N3O4S. The number of hydrogen-bond donors (Lipinski definition) is 0. The number of carbonyl (C=O) groups is 1. The number of carbonyl (C=O) groups excluding carboxylic acids is 1. The molecule has 160 valence electrons. The summed E-state index contributed by atoms with van der Waals surface area (Å²) in [5.74, 6) is 2.48. The third-order valence-electron chi connectivity index (χ3n) is 5.54. The third-order valence-corrected chi connectivity index (χ3v) is 6.69. The summed E-state index contributed by atoms with van der Waals surface area (Å²) >= 11 is 1.50. The van der Waals surface area contributed by atoms with Crippen molar-refractivity contribution >= 4 is 23.4 Å². The van der Waals surface area contributed by atoms with Gasteiger partial charge in [0.2, 0.25) is 5.91 Å². The van der Waals surface area contributed by atoms with Gasteiger partial charge in [-0.15, -0.1) is 0 Å². The fourth-order valence-electron chi connectivity index (χ4n) is 3.88. The van der Waals surface area contributed by atoms with Gasteiger partial charge < -0.3 is 19.1 Å². The summed E-state index contributed by atoms with van der Waals surface area (Å²) in [5.41, 5.74) is 2.45. The van der Waals surface area contributed by atoms with Gasteiger partial charge in [0, 0.05) is 18.4 Å². The number of nitriles is 1. The maximum absolute atomic E-state index is 13.1. The van der Waals surface area contributed by atoms with Gasteiger partial charge in [-0.05, 0) is 29.8 Å². The molecule has 1 unspecified atom stereocenters. The van der Waals surface area contributed by atoms with Gasteiger partial charge in [-0.3, -0.25) is 9.69 Å². The van der Waals surface area contributed by atoms with E-state index in [4.69, 9.17) is 14.2 Å². The van der Waals surface area contributed by atoms with Gasteiger partial charge in [0.25, 0.3) is 0 Å². The van der Waals surface area contributed by atoms with Crippen LogP contribution in [0.4, 0.5) is 5.69 Å². The molecule has 1 saturated heterocycles. The Labute approximate surface area is 185 Å². The molecule has 0 radical (unpaired) electrons. The number of rotatable bonds is 5. The molecule has 0 bridgehead atoms. The third kappa shape index (κ3) is 3.89. The predicted octanol–water partition coefficient (Wildman–Crippen LogP) is 3.93. The highest BCUT2D eigenvalue weighted by Crippen LogP contribution is 2.44. The van der Waals surface area contributed by atoms with Crippen LogP contribution in [0.1, 0.15) is 17.9 Å². The Balaban J connectivity index is 1.64. The van der Waals surface area contributed by atoms with E-state index in [-0.39, 0.29) is 18.2 Å². The molecule has 0 aromatic heterocycles. The molecule has 2 heterocycles. The minimum Gasteiger partial charge on any atom is -0.497 e. The lowest BCUT2D eigenvalue weighted by atomic mass is 9.86. The van der Waals surface area contributed by atoms with Gasteiger partial charge in [0.1, 0.15) is 17.2 Å². The van der Waals surface area contributed by atoms with Gasteiger partial charge in [-0.2, -0.15) is 5.26 Å². The van der Waals surface area contributed by atoms with Crippen LogP contribution in [0.25, 0.3) is 0 Å². The van der Waals surface area contributed by atoms with E-state index >= 15 is 0 Å². The maximum atomic E-state index is 13.1. The average Bonchev–Trinajstić information content (AvgIpc) is 2.83. The average molecular weight is 438 g/mol. The monoisotopic (exact) mass is 437 g/mol. The van der Waals surface area contributed by atoms with E-state index in [0.29, 0.717) is 29.6 Å². The number of hydrogen-bond acceptors (Lipinski definition) is 7. The van der Waals surface area contributed by atoms with Gasteiger partial charge in [-0.1, -0.05) is 23.9 Å². The Morgan fingerprint density at radius 2 is 1.74 bits per heavy atom. The molecule has 0 N–H and O–H groups in total. The Hall–Kier alpha value is -3.31. The summed E-state index contributed by atoms with van der Waals surface area (Å²) in [7, 11) is 4.83. The number of allylic oxidation sites excluding steroid dienone is 1. The van der Waals surface area contributed by atoms with Crippen molar-refractivity contribution in [2.75, 3.05) is 38.8 Å². The fraction of sp³-hybridized carbons (Fsp3) is 0.304. The number of ether oxygens (including phenoxy) is 3. The van der Waals surface area contributed by atoms with Crippen molar-refractivity contribution < 1.29 is 19.0 Å². The minimum atomic E-state index is -0.246.